The summed E-state index contributed by atoms with van der Waals surface area (Å²) in [5, 5.41) is 23.0. The number of thiophene rings is 1. The highest BCUT2D eigenvalue weighted by atomic mass is 127. The molecule has 2 rings (SSSR count). The molecule has 0 amide bonds. The fraction of sp³-hybridized carbons (Fsp3) is 0.529. The van der Waals surface area contributed by atoms with Gasteiger partial charge < -0.3 is 20.3 Å². The molecule has 3 N–H and O–H groups in total. The van der Waals surface area contributed by atoms with Gasteiger partial charge in [0.25, 0.3) is 0 Å². The second kappa shape index (κ2) is 10.1. The Kier molecular flexibility index (Phi) is 8.87. The summed E-state index contributed by atoms with van der Waals surface area (Å²) >= 11 is 1.54. The zero-order valence-electron chi connectivity index (χ0n) is 15.1. The standard InChI is InChI=1S/C17H26N4O2S.HI/c1-5-18-16(19-9-8-14-12(2)21-23-13(14)3)20-11-17(4,22)15-7-6-10-24-15;/h6-7,10,22H,5,8-9,11H2,1-4H3,(H2,18,19,20);1H. The number of aliphatic hydroxyl groups is 1. The first-order valence-electron chi connectivity index (χ1n) is 8.14. The lowest BCUT2D eigenvalue weighted by molar-refractivity contribution is 0.0711. The minimum Gasteiger partial charge on any atom is -0.383 e. The van der Waals surface area contributed by atoms with Crippen molar-refractivity contribution in [1.29, 1.82) is 0 Å². The molecule has 0 aromatic carbocycles. The maximum Gasteiger partial charge on any atom is 0.191 e. The van der Waals surface area contributed by atoms with Crippen molar-refractivity contribution >= 4 is 41.3 Å². The SMILES string of the molecule is CCNC(=NCC(C)(O)c1cccs1)NCCc1c(C)noc1C.I. The fourth-order valence-electron chi connectivity index (χ4n) is 2.40. The van der Waals surface area contributed by atoms with Gasteiger partial charge >= 0.3 is 0 Å². The highest BCUT2D eigenvalue weighted by Crippen LogP contribution is 2.25. The number of rotatable bonds is 7. The van der Waals surface area contributed by atoms with Gasteiger partial charge in [-0.15, -0.1) is 35.3 Å². The summed E-state index contributed by atoms with van der Waals surface area (Å²) < 4.78 is 5.18. The topological polar surface area (TPSA) is 82.7 Å². The van der Waals surface area contributed by atoms with Gasteiger partial charge in [0, 0.05) is 23.5 Å². The number of hydrogen-bond acceptors (Lipinski definition) is 5. The van der Waals surface area contributed by atoms with Gasteiger partial charge in [-0.3, -0.25) is 0 Å². The molecule has 6 nitrogen and oxygen atoms in total. The molecule has 0 radical (unpaired) electrons. The molecule has 2 aromatic rings. The van der Waals surface area contributed by atoms with Crippen LogP contribution >= 0.6 is 35.3 Å². The van der Waals surface area contributed by atoms with Crippen molar-refractivity contribution in [3.05, 3.63) is 39.4 Å². The molecule has 0 saturated heterocycles. The van der Waals surface area contributed by atoms with Gasteiger partial charge in [0.1, 0.15) is 11.4 Å². The molecule has 0 fully saturated rings. The number of halogens is 1. The van der Waals surface area contributed by atoms with Crippen molar-refractivity contribution in [2.24, 2.45) is 4.99 Å². The fourth-order valence-corrected chi connectivity index (χ4v) is 3.18. The van der Waals surface area contributed by atoms with Crippen molar-refractivity contribution < 1.29 is 9.63 Å². The largest absolute Gasteiger partial charge is 0.383 e. The van der Waals surface area contributed by atoms with Crippen molar-refractivity contribution in [2.45, 2.75) is 39.7 Å². The number of hydrogen-bond donors (Lipinski definition) is 3. The molecule has 0 saturated carbocycles. The van der Waals surface area contributed by atoms with Crippen LogP contribution in [0, 0.1) is 13.8 Å². The molecule has 25 heavy (non-hydrogen) atoms. The lowest BCUT2D eigenvalue weighted by Crippen LogP contribution is -2.39. The van der Waals surface area contributed by atoms with Crippen LogP contribution in [-0.2, 0) is 12.0 Å². The summed E-state index contributed by atoms with van der Waals surface area (Å²) in [6.07, 6.45) is 0.812. The number of nitrogens with zero attached hydrogens (tertiary/aromatic N) is 2. The molecule has 1 atom stereocenters. The number of aromatic nitrogens is 1. The maximum atomic E-state index is 10.6. The van der Waals surface area contributed by atoms with Crippen molar-refractivity contribution in [2.75, 3.05) is 19.6 Å². The van der Waals surface area contributed by atoms with E-state index in [1.54, 1.807) is 6.92 Å². The molecular weight excluding hydrogens is 451 g/mol. The normalized spacial score (nSPS) is 13.9. The smallest absolute Gasteiger partial charge is 0.191 e. The molecule has 1 unspecified atom stereocenters. The first-order chi connectivity index (χ1) is 11.4. The third-order valence-electron chi connectivity index (χ3n) is 3.79. The number of nitrogens with one attached hydrogen (secondary N) is 2. The molecule has 0 aliphatic heterocycles. The van der Waals surface area contributed by atoms with E-state index in [-0.39, 0.29) is 24.0 Å². The van der Waals surface area contributed by atoms with Gasteiger partial charge in [0.05, 0.1) is 12.2 Å². The lowest BCUT2D eigenvalue weighted by Gasteiger charge is -2.20. The van der Waals surface area contributed by atoms with Crippen LogP contribution in [-0.4, -0.2) is 35.9 Å². The van der Waals surface area contributed by atoms with E-state index in [1.165, 1.54) is 11.3 Å². The van der Waals surface area contributed by atoms with E-state index in [1.807, 2.05) is 38.3 Å². The van der Waals surface area contributed by atoms with Crippen LogP contribution in [0.5, 0.6) is 0 Å². The molecule has 2 heterocycles. The van der Waals surface area contributed by atoms with Crippen LogP contribution in [0.4, 0.5) is 0 Å². The predicted octanol–water partition coefficient (Wildman–Crippen LogP) is 2.98. The monoisotopic (exact) mass is 478 g/mol. The summed E-state index contributed by atoms with van der Waals surface area (Å²) in [7, 11) is 0. The molecule has 8 heteroatoms. The van der Waals surface area contributed by atoms with Crippen LogP contribution in [0.25, 0.3) is 0 Å². The Balaban J connectivity index is 0.00000312. The van der Waals surface area contributed by atoms with E-state index in [0.717, 1.165) is 41.4 Å². The Hall–Kier alpha value is -1.13. The van der Waals surface area contributed by atoms with Crippen LogP contribution < -0.4 is 10.6 Å². The van der Waals surface area contributed by atoms with Gasteiger partial charge in [-0.25, -0.2) is 4.99 Å². The second-order valence-corrected chi connectivity index (χ2v) is 6.87. The minimum absolute atomic E-state index is 0. The third kappa shape index (κ3) is 6.27. The predicted molar refractivity (Wildman–Crippen MR) is 113 cm³/mol. The number of aryl methyl sites for hydroxylation is 2. The molecule has 0 bridgehead atoms. The Bertz CT molecular complexity index is 649. The summed E-state index contributed by atoms with van der Waals surface area (Å²) in [4.78, 5) is 5.43. The summed E-state index contributed by atoms with van der Waals surface area (Å²) in [6.45, 7) is 9.46. The Labute approximate surface area is 170 Å². The van der Waals surface area contributed by atoms with Crippen LogP contribution in [0.3, 0.4) is 0 Å². The van der Waals surface area contributed by atoms with Gasteiger partial charge in [0.15, 0.2) is 5.96 Å². The molecule has 0 aliphatic rings. The van der Waals surface area contributed by atoms with Gasteiger partial charge in [-0.2, -0.15) is 0 Å². The number of guanidine groups is 1. The second-order valence-electron chi connectivity index (χ2n) is 5.93. The lowest BCUT2D eigenvalue weighted by atomic mass is 10.1. The molecule has 0 spiro atoms. The highest BCUT2D eigenvalue weighted by Gasteiger charge is 2.24. The zero-order valence-corrected chi connectivity index (χ0v) is 18.3. The van der Waals surface area contributed by atoms with Crippen molar-refractivity contribution in [3.63, 3.8) is 0 Å². The van der Waals surface area contributed by atoms with E-state index >= 15 is 0 Å². The quantitative estimate of drug-likeness (QED) is 0.324. The Morgan fingerprint density at radius 1 is 1.40 bits per heavy atom. The van der Waals surface area contributed by atoms with E-state index in [0.29, 0.717) is 12.5 Å². The Morgan fingerprint density at radius 3 is 2.72 bits per heavy atom. The van der Waals surface area contributed by atoms with Crippen LogP contribution in [0.15, 0.2) is 27.0 Å². The van der Waals surface area contributed by atoms with Crippen molar-refractivity contribution in [1.82, 2.24) is 15.8 Å². The molecule has 140 valence electrons. The van der Waals surface area contributed by atoms with Crippen molar-refractivity contribution in [3.8, 4) is 0 Å². The third-order valence-corrected chi connectivity index (χ3v) is 4.91. The van der Waals surface area contributed by atoms with Gasteiger partial charge in [0.2, 0.25) is 0 Å². The molecule has 2 aromatic heterocycles. The van der Waals surface area contributed by atoms with Crippen LogP contribution in [0.1, 0.15) is 35.7 Å². The van der Waals surface area contributed by atoms with E-state index in [4.69, 9.17) is 4.52 Å². The summed E-state index contributed by atoms with van der Waals surface area (Å²) in [5.41, 5.74) is 1.10. The highest BCUT2D eigenvalue weighted by molar-refractivity contribution is 14.0. The molecular formula is C17H27IN4O2S. The van der Waals surface area contributed by atoms with E-state index < -0.39 is 5.60 Å². The first kappa shape index (κ1) is 21.9. The minimum atomic E-state index is -0.960. The Morgan fingerprint density at radius 2 is 2.16 bits per heavy atom. The maximum absolute atomic E-state index is 10.6. The van der Waals surface area contributed by atoms with E-state index in [9.17, 15) is 5.11 Å². The van der Waals surface area contributed by atoms with E-state index in [2.05, 4.69) is 20.8 Å². The zero-order chi connectivity index (χ0) is 17.6. The number of aliphatic imine (C=N–C) groups is 1. The first-order valence-corrected chi connectivity index (χ1v) is 9.02. The van der Waals surface area contributed by atoms with Gasteiger partial charge in [-0.1, -0.05) is 11.2 Å². The molecule has 0 aliphatic carbocycles. The average molecular weight is 478 g/mol. The van der Waals surface area contributed by atoms with Crippen LogP contribution in [0.2, 0.25) is 0 Å². The van der Waals surface area contributed by atoms with Gasteiger partial charge in [-0.05, 0) is 45.6 Å². The average Bonchev–Trinajstić information content (AvgIpc) is 3.18. The summed E-state index contributed by atoms with van der Waals surface area (Å²) in [5.74, 6) is 1.55. The summed E-state index contributed by atoms with van der Waals surface area (Å²) in [6, 6.07) is 3.86.